The van der Waals surface area contributed by atoms with Crippen LogP contribution < -0.4 is 0 Å². The van der Waals surface area contributed by atoms with Gasteiger partial charge in [0, 0.05) is 0 Å². The van der Waals surface area contributed by atoms with Crippen molar-refractivity contribution in [3.05, 3.63) is 16.6 Å². The maximum atomic E-state index is 10.1. The molecule has 0 bridgehead atoms. The first kappa shape index (κ1) is 21.3. The van der Waals surface area contributed by atoms with Gasteiger partial charge in [-0.3, -0.25) is 0 Å². The van der Waals surface area contributed by atoms with E-state index < -0.39 is 0 Å². The molecular weight excluding hydrogens is 270 g/mol. The van der Waals surface area contributed by atoms with E-state index in [0.717, 1.165) is 24.2 Å². The van der Waals surface area contributed by atoms with E-state index in [-0.39, 0.29) is 0 Å². The molecule has 0 spiro atoms. The van der Waals surface area contributed by atoms with Gasteiger partial charge < -0.3 is 0 Å². The fraction of sp³-hybridized carbons (Fsp3) is 0.900. The zero-order chi connectivity index (χ0) is 16.8. The first-order valence-corrected chi connectivity index (χ1v) is 9.40. The van der Waals surface area contributed by atoms with Crippen LogP contribution in [0, 0.1) is 22.7 Å². The second-order valence-corrected chi connectivity index (χ2v) is 7.72. The van der Waals surface area contributed by atoms with Crippen molar-refractivity contribution in [2.24, 2.45) is 22.9 Å². The first-order valence-electron chi connectivity index (χ1n) is 9.40. The van der Waals surface area contributed by atoms with Gasteiger partial charge in [-0.15, -0.1) is 0 Å². The largest absolute Gasteiger partial charge is 0.150 e. The fourth-order valence-electron chi connectivity index (χ4n) is 3.00. The molecule has 0 rings (SSSR count). The monoisotopic (exact) mass is 309 g/mol. The summed E-state index contributed by atoms with van der Waals surface area (Å²) in [5, 5.41) is 2.88. The van der Waals surface area contributed by atoms with Gasteiger partial charge in [0.25, 0.3) is 0 Å². The Hall–Kier alpha value is -0.660. The maximum Gasteiger partial charge on any atom is 0.0994 e. The van der Waals surface area contributed by atoms with E-state index in [9.17, 15) is 4.91 Å². The van der Waals surface area contributed by atoms with Crippen molar-refractivity contribution in [3.63, 3.8) is 0 Å². The molecule has 0 amide bonds. The molecule has 0 aromatic carbocycles. The van der Waals surface area contributed by atoms with E-state index in [1.54, 1.807) is 0 Å². The van der Waals surface area contributed by atoms with Gasteiger partial charge in [0.2, 0.25) is 0 Å². The van der Waals surface area contributed by atoms with Crippen LogP contribution >= 0.6 is 0 Å². The molecule has 0 radical (unpaired) electrons. The molecule has 22 heavy (non-hydrogen) atoms. The fourth-order valence-corrected chi connectivity index (χ4v) is 3.00. The smallest absolute Gasteiger partial charge is 0.0994 e. The second kappa shape index (κ2) is 14.0. The minimum atomic E-state index is 0.329. The molecule has 2 unspecified atom stereocenters. The highest BCUT2D eigenvalue weighted by atomic mass is 16.3. The summed E-state index contributed by atoms with van der Waals surface area (Å²) in [5.41, 5.74) is 1.31. The molecule has 130 valence electrons. The maximum absolute atomic E-state index is 10.1. The molecule has 2 heteroatoms. The highest BCUT2D eigenvalue weighted by Crippen LogP contribution is 2.21. The number of allylic oxidation sites excluding steroid dienone is 1. The Morgan fingerprint density at radius 2 is 1.36 bits per heavy atom. The molecule has 0 heterocycles. The van der Waals surface area contributed by atoms with Crippen molar-refractivity contribution in [2.75, 3.05) is 6.54 Å². The highest BCUT2D eigenvalue weighted by Gasteiger charge is 2.06. The van der Waals surface area contributed by atoms with Crippen LogP contribution in [0.5, 0.6) is 0 Å². The number of rotatable bonds is 14. The molecular formula is C20H39NO. The molecule has 0 saturated heterocycles. The van der Waals surface area contributed by atoms with Gasteiger partial charge in [-0.25, -0.2) is 0 Å². The van der Waals surface area contributed by atoms with Crippen molar-refractivity contribution in [1.82, 2.24) is 0 Å². The molecule has 0 N–H and O–H groups in total. The lowest BCUT2D eigenvalue weighted by atomic mass is 9.91. The minimum absolute atomic E-state index is 0.329. The van der Waals surface area contributed by atoms with Gasteiger partial charge in [0.1, 0.15) is 0 Å². The lowest BCUT2D eigenvalue weighted by Crippen LogP contribution is -2.00. The lowest BCUT2D eigenvalue weighted by Gasteiger charge is -2.15. The molecule has 0 aliphatic heterocycles. The van der Waals surface area contributed by atoms with E-state index >= 15 is 0 Å². The minimum Gasteiger partial charge on any atom is -0.150 e. The van der Waals surface area contributed by atoms with Gasteiger partial charge in [0.15, 0.2) is 0 Å². The van der Waals surface area contributed by atoms with Crippen molar-refractivity contribution >= 4 is 0 Å². The predicted octanol–water partition coefficient (Wildman–Crippen LogP) is 7.14. The number of nitrogens with zero attached hydrogens (tertiary/aromatic N) is 1. The third-order valence-electron chi connectivity index (χ3n) is 4.65. The third kappa shape index (κ3) is 14.3. The van der Waals surface area contributed by atoms with E-state index in [1.807, 2.05) is 6.08 Å². The van der Waals surface area contributed by atoms with Crippen molar-refractivity contribution in [2.45, 2.75) is 92.4 Å². The Morgan fingerprint density at radius 3 is 1.86 bits per heavy atom. The average molecular weight is 310 g/mol. The topological polar surface area (TPSA) is 29.4 Å². The first-order chi connectivity index (χ1) is 10.5. The van der Waals surface area contributed by atoms with E-state index in [4.69, 9.17) is 0 Å². The zero-order valence-corrected chi connectivity index (χ0v) is 15.7. The van der Waals surface area contributed by atoms with E-state index in [1.165, 1.54) is 56.9 Å². The van der Waals surface area contributed by atoms with Crippen LogP contribution in [0.1, 0.15) is 92.4 Å². The van der Waals surface area contributed by atoms with Crippen LogP contribution in [0.4, 0.5) is 0 Å². The number of hydrogen-bond donors (Lipinski definition) is 0. The van der Waals surface area contributed by atoms with E-state index in [2.05, 4.69) is 39.8 Å². The standard InChI is InChI=1S/C20H39NO/c1-17(2)9-6-10-18(3)11-7-12-19(4)13-8-14-20(5)15-16-21-22/h15,17-19H,6-14,16H2,1-5H3/b20-15+. The molecule has 0 aromatic rings. The van der Waals surface area contributed by atoms with E-state index in [0.29, 0.717) is 6.54 Å². The quantitative estimate of drug-likeness (QED) is 0.248. The SMILES string of the molecule is C/C(=C\CN=O)CCCC(C)CCCC(C)CCCC(C)C. The summed E-state index contributed by atoms with van der Waals surface area (Å²) >= 11 is 0. The molecule has 0 aliphatic rings. The zero-order valence-electron chi connectivity index (χ0n) is 15.7. The van der Waals surface area contributed by atoms with Crippen LogP contribution in [0.25, 0.3) is 0 Å². The highest BCUT2D eigenvalue weighted by molar-refractivity contribution is 4.98. The Kier molecular flexibility index (Phi) is 13.5. The van der Waals surface area contributed by atoms with Gasteiger partial charge in [-0.1, -0.05) is 89.5 Å². The summed E-state index contributed by atoms with van der Waals surface area (Å²) in [6, 6.07) is 0. The Balaban J connectivity index is 3.56. The molecule has 0 aromatic heterocycles. The summed E-state index contributed by atoms with van der Waals surface area (Å²) in [5.74, 6) is 2.58. The number of hydrogen-bond acceptors (Lipinski definition) is 2. The molecule has 0 fully saturated rings. The van der Waals surface area contributed by atoms with Crippen molar-refractivity contribution < 1.29 is 0 Å². The summed E-state index contributed by atoms with van der Waals surface area (Å²) in [6.07, 6.45) is 14.0. The summed E-state index contributed by atoms with van der Waals surface area (Å²) in [7, 11) is 0. The Morgan fingerprint density at radius 1 is 0.864 bits per heavy atom. The Bertz CT molecular complexity index is 296. The van der Waals surface area contributed by atoms with Gasteiger partial charge >= 0.3 is 0 Å². The molecule has 2 nitrogen and oxygen atoms in total. The van der Waals surface area contributed by atoms with Crippen molar-refractivity contribution in [1.29, 1.82) is 0 Å². The lowest BCUT2D eigenvalue weighted by molar-refractivity contribution is 0.389. The average Bonchev–Trinajstić information content (AvgIpc) is 2.44. The van der Waals surface area contributed by atoms with Gasteiger partial charge in [0.05, 0.1) is 6.54 Å². The second-order valence-electron chi connectivity index (χ2n) is 7.72. The van der Waals surface area contributed by atoms with Gasteiger partial charge in [-0.05, 0) is 37.5 Å². The molecule has 2 atom stereocenters. The summed E-state index contributed by atoms with van der Waals surface area (Å²) < 4.78 is 0. The van der Waals surface area contributed by atoms with Crippen LogP contribution in [-0.4, -0.2) is 6.54 Å². The van der Waals surface area contributed by atoms with Crippen molar-refractivity contribution in [3.8, 4) is 0 Å². The van der Waals surface area contributed by atoms with Crippen LogP contribution in [0.15, 0.2) is 16.8 Å². The predicted molar refractivity (Wildman–Crippen MR) is 99.1 cm³/mol. The van der Waals surface area contributed by atoms with Crippen LogP contribution in [0.2, 0.25) is 0 Å². The van der Waals surface area contributed by atoms with Crippen LogP contribution in [0.3, 0.4) is 0 Å². The number of nitroso groups, excluding NO2 is 1. The summed E-state index contributed by atoms with van der Waals surface area (Å²) in [6.45, 7) is 11.9. The molecule has 0 saturated carbocycles. The molecule has 0 aliphatic carbocycles. The van der Waals surface area contributed by atoms with Crippen LogP contribution in [-0.2, 0) is 0 Å². The van der Waals surface area contributed by atoms with Gasteiger partial charge in [-0.2, -0.15) is 4.91 Å². The summed E-state index contributed by atoms with van der Waals surface area (Å²) in [4.78, 5) is 10.1. The third-order valence-corrected chi connectivity index (χ3v) is 4.65. The Labute approximate surface area is 139 Å². The normalized spacial score (nSPS) is 15.1.